The summed E-state index contributed by atoms with van der Waals surface area (Å²) < 4.78 is 77.2. The molecule has 2 aliphatic carbocycles. The number of hydrogen-bond acceptors (Lipinski definition) is 8. The fourth-order valence-electron chi connectivity index (χ4n) is 8.66. The Bertz CT molecular complexity index is 2720. The highest BCUT2D eigenvalue weighted by molar-refractivity contribution is 7.12. The Morgan fingerprint density at radius 3 is 0.987 bits per heavy atom. The van der Waals surface area contributed by atoms with Crippen LogP contribution in [-0.4, -0.2) is 60.1 Å². The second kappa shape index (κ2) is 26.1. The molecular formula is C58H66F6N4O6S2. The molecule has 8 rings (SSSR count). The average Bonchev–Trinajstić information content (AvgIpc) is 4.29. The number of aromatic carboxylic acids is 2. The van der Waals surface area contributed by atoms with Gasteiger partial charge in [0.25, 0.3) is 11.8 Å². The Kier molecular flexibility index (Phi) is 20.8. The molecule has 2 aromatic heterocycles. The SMILES string of the molecule is CCNCC.CCNCC.Cc1sc(C)c(C(=O)NC2(c3ccc(C(=O)O)cc3)CC2)c1Cc1ccc(C(F)(F)F)cc1.Cc1sc(C)c(C(=O)NC2(c3ccc(C(=O)O)cc3)CC2)c1Cc1ccc(C(F)(F)F)cc1. The third kappa shape index (κ3) is 15.9. The molecule has 6 aromatic rings. The summed E-state index contributed by atoms with van der Waals surface area (Å²) in [6.45, 7) is 20.3. The van der Waals surface area contributed by atoms with Crippen molar-refractivity contribution in [2.75, 3.05) is 26.2 Å². The minimum Gasteiger partial charge on any atom is -0.478 e. The lowest BCUT2D eigenvalue weighted by molar-refractivity contribution is -0.138. The van der Waals surface area contributed by atoms with Crippen molar-refractivity contribution in [3.63, 3.8) is 0 Å². The van der Waals surface area contributed by atoms with Crippen LogP contribution < -0.4 is 21.3 Å². The number of carboxylic acids is 2. The molecule has 2 amide bonds. The van der Waals surface area contributed by atoms with Gasteiger partial charge < -0.3 is 31.5 Å². The summed E-state index contributed by atoms with van der Waals surface area (Å²) in [6, 6.07) is 23.0. The lowest BCUT2D eigenvalue weighted by atomic mass is 9.97. The maximum absolute atomic E-state index is 13.3. The first-order valence-corrected chi connectivity index (χ1v) is 26.7. The van der Waals surface area contributed by atoms with E-state index >= 15 is 0 Å². The highest BCUT2D eigenvalue weighted by Crippen LogP contribution is 2.47. The van der Waals surface area contributed by atoms with E-state index in [9.17, 15) is 45.5 Å². The molecule has 0 bridgehead atoms. The lowest BCUT2D eigenvalue weighted by Gasteiger charge is -2.19. The van der Waals surface area contributed by atoms with Crippen LogP contribution in [-0.2, 0) is 36.3 Å². The van der Waals surface area contributed by atoms with Crippen LogP contribution in [0.5, 0.6) is 0 Å². The Morgan fingerprint density at radius 1 is 0.474 bits per heavy atom. The van der Waals surface area contributed by atoms with Crippen molar-refractivity contribution in [1.29, 1.82) is 0 Å². The van der Waals surface area contributed by atoms with Crippen molar-refractivity contribution >= 4 is 46.4 Å². The number of thiophene rings is 2. The highest BCUT2D eigenvalue weighted by atomic mass is 32.1. The van der Waals surface area contributed by atoms with Crippen LogP contribution >= 0.6 is 22.7 Å². The molecule has 6 N–H and O–H groups in total. The molecule has 10 nitrogen and oxygen atoms in total. The van der Waals surface area contributed by atoms with E-state index in [2.05, 4.69) is 49.0 Å². The number of aryl methyl sites for hydroxylation is 4. The van der Waals surface area contributed by atoms with Gasteiger partial charge in [0.05, 0.1) is 44.5 Å². The fraction of sp³-hybridized carbons (Fsp3) is 0.379. The monoisotopic (exact) mass is 1090 g/mol. The number of alkyl halides is 6. The van der Waals surface area contributed by atoms with Crippen LogP contribution in [0.15, 0.2) is 97.1 Å². The van der Waals surface area contributed by atoms with Crippen molar-refractivity contribution in [3.05, 3.63) is 183 Å². The molecule has 18 heteroatoms. The minimum absolute atomic E-state index is 0.184. The zero-order chi connectivity index (χ0) is 56.2. The zero-order valence-electron chi connectivity index (χ0n) is 43.9. The molecule has 2 aliphatic rings. The summed E-state index contributed by atoms with van der Waals surface area (Å²) in [6.07, 6.45) is -5.06. The molecule has 0 spiro atoms. The summed E-state index contributed by atoms with van der Waals surface area (Å²) in [5, 5.41) is 30.7. The van der Waals surface area contributed by atoms with Gasteiger partial charge in [-0.3, -0.25) is 9.59 Å². The van der Waals surface area contributed by atoms with Crippen LogP contribution in [0.4, 0.5) is 26.3 Å². The van der Waals surface area contributed by atoms with Gasteiger partial charge in [0.15, 0.2) is 0 Å². The number of carboxylic acid groups (broad SMARTS) is 2. The second-order valence-electron chi connectivity index (χ2n) is 18.6. The standard InChI is InChI=1S/2C25H22F3NO3S.2C4H11N/c2*1-14-20(13-16-3-7-19(8-4-16)25(26,27)28)21(15(2)33-14)22(30)29-24(11-12-24)18-9-5-17(6-10-18)23(31)32;2*1-3-5-4-2/h2*3-10H,11-13H2,1-2H3,(H,29,30)(H,31,32);2*5H,3-4H2,1-2H3. The Balaban J connectivity index is 0.000000238. The van der Waals surface area contributed by atoms with Gasteiger partial charge in [-0.25, -0.2) is 9.59 Å². The highest BCUT2D eigenvalue weighted by Gasteiger charge is 2.47. The van der Waals surface area contributed by atoms with Crippen LogP contribution in [0, 0.1) is 27.7 Å². The lowest BCUT2D eigenvalue weighted by Crippen LogP contribution is -2.35. The van der Waals surface area contributed by atoms with E-state index in [0.717, 1.165) is 118 Å². The smallest absolute Gasteiger partial charge is 0.416 e. The number of nitrogens with one attached hydrogen (secondary N) is 4. The summed E-state index contributed by atoms with van der Waals surface area (Å²) >= 11 is 2.98. The Hall–Kier alpha value is -6.34. The molecule has 0 atom stereocenters. The summed E-state index contributed by atoms with van der Waals surface area (Å²) in [4.78, 5) is 52.5. The van der Waals surface area contributed by atoms with Crippen molar-refractivity contribution < 1.29 is 55.7 Å². The first-order chi connectivity index (χ1) is 35.8. The van der Waals surface area contributed by atoms with Gasteiger partial charge in [-0.1, -0.05) is 76.2 Å². The maximum Gasteiger partial charge on any atom is 0.416 e. The van der Waals surface area contributed by atoms with E-state index in [-0.39, 0.29) is 22.9 Å². The van der Waals surface area contributed by atoms with E-state index in [1.165, 1.54) is 71.2 Å². The molecule has 0 radical (unpaired) electrons. The van der Waals surface area contributed by atoms with Crippen molar-refractivity contribution in [1.82, 2.24) is 21.3 Å². The summed E-state index contributed by atoms with van der Waals surface area (Å²) in [5.41, 5.74) is 3.77. The first-order valence-electron chi connectivity index (χ1n) is 25.1. The van der Waals surface area contributed by atoms with Crippen LogP contribution in [0.25, 0.3) is 0 Å². The molecule has 4 aromatic carbocycles. The van der Waals surface area contributed by atoms with Crippen LogP contribution in [0.2, 0.25) is 0 Å². The van der Waals surface area contributed by atoms with Gasteiger partial charge >= 0.3 is 24.3 Å². The number of hydrogen-bond donors (Lipinski definition) is 6. The fourth-order valence-corrected chi connectivity index (χ4v) is 10.8. The number of halogens is 6. The van der Waals surface area contributed by atoms with Gasteiger partial charge in [0.2, 0.25) is 0 Å². The van der Waals surface area contributed by atoms with Gasteiger partial charge in [0, 0.05) is 19.5 Å². The quantitative estimate of drug-likeness (QED) is 0.0523. The molecular weight excluding hydrogens is 1030 g/mol. The van der Waals surface area contributed by atoms with E-state index in [1.807, 2.05) is 27.7 Å². The van der Waals surface area contributed by atoms with Crippen LogP contribution in [0.3, 0.4) is 0 Å². The largest absolute Gasteiger partial charge is 0.478 e. The van der Waals surface area contributed by atoms with Crippen molar-refractivity contribution in [2.45, 2.75) is 117 Å². The molecule has 408 valence electrons. The van der Waals surface area contributed by atoms with Crippen molar-refractivity contribution in [3.8, 4) is 0 Å². The molecule has 2 fully saturated rings. The van der Waals surface area contributed by atoms with E-state index in [4.69, 9.17) is 10.2 Å². The van der Waals surface area contributed by atoms with Gasteiger partial charge in [-0.15, -0.1) is 22.7 Å². The topological polar surface area (TPSA) is 157 Å². The van der Waals surface area contributed by atoms with E-state index < -0.39 is 46.5 Å². The van der Waals surface area contributed by atoms with E-state index in [1.54, 1.807) is 24.3 Å². The first kappa shape index (κ1) is 60.5. The summed E-state index contributed by atoms with van der Waals surface area (Å²) in [5.74, 6) is -2.46. The Labute approximate surface area is 448 Å². The number of amides is 2. The predicted molar refractivity (Wildman–Crippen MR) is 288 cm³/mol. The number of benzene rings is 4. The average molecular weight is 1090 g/mol. The normalized spacial score (nSPS) is 13.9. The molecule has 0 aliphatic heterocycles. The zero-order valence-corrected chi connectivity index (χ0v) is 45.6. The third-order valence-electron chi connectivity index (χ3n) is 13.1. The Morgan fingerprint density at radius 2 is 0.763 bits per heavy atom. The van der Waals surface area contributed by atoms with Crippen molar-refractivity contribution in [2.24, 2.45) is 0 Å². The molecule has 76 heavy (non-hydrogen) atoms. The predicted octanol–water partition coefficient (Wildman–Crippen LogP) is 13.4. The van der Waals surface area contributed by atoms with Crippen LogP contribution in [0.1, 0.15) is 159 Å². The number of carbonyl (C=O) groups is 4. The molecule has 0 unspecified atom stereocenters. The van der Waals surface area contributed by atoms with E-state index in [0.29, 0.717) is 35.1 Å². The number of rotatable bonds is 16. The number of carbonyl (C=O) groups excluding carboxylic acids is 2. The van der Waals surface area contributed by atoms with Gasteiger partial charge in [-0.2, -0.15) is 26.3 Å². The third-order valence-corrected chi connectivity index (χ3v) is 15.2. The summed E-state index contributed by atoms with van der Waals surface area (Å²) in [7, 11) is 0. The maximum atomic E-state index is 13.3. The van der Waals surface area contributed by atoms with Gasteiger partial charge in [0.1, 0.15) is 0 Å². The minimum atomic E-state index is -4.39. The second-order valence-corrected chi connectivity index (χ2v) is 21.5. The van der Waals surface area contributed by atoms with Gasteiger partial charge in [-0.05, 0) is 174 Å². The molecule has 0 saturated heterocycles. The molecule has 2 saturated carbocycles. The molecule has 2 heterocycles.